The number of sulfonamides is 1. The molecule has 3 aliphatic heterocycles. The number of ether oxygens (including phenoxy) is 1. The molecule has 0 saturated carbocycles. The molecule has 0 radical (unpaired) electrons. The number of rotatable bonds is 3. The number of amides is 1. The van der Waals surface area contributed by atoms with Gasteiger partial charge >= 0.3 is 0 Å². The molecule has 0 aliphatic carbocycles. The molecule has 0 aromatic rings. The summed E-state index contributed by atoms with van der Waals surface area (Å²) in [6.45, 7) is 2.65. The molecule has 8 heteroatoms. The van der Waals surface area contributed by atoms with Crippen LogP contribution in [0.5, 0.6) is 0 Å². The van der Waals surface area contributed by atoms with Crippen LogP contribution in [0.2, 0.25) is 0 Å². The molecule has 3 rings (SSSR count). The summed E-state index contributed by atoms with van der Waals surface area (Å²) in [5.74, 6) is 0.189. The van der Waals surface area contributed by atoms with Crippen LogP contribution in [-0.2, 0) is 24.4 Å². The highest BCUT2D eigenvalue weighted by Gasteiger charge is 2.47. The molecule has 0 aromatic heterocycles. The summed E-state index contributed by atoms with van der Waals surface area (Å²) in [7, 11) is -3.18. The minimum Gasteiger partial charge on any atom is -0.376 e. The van der Waals surface area contributed by atoms with Crippen molar-refractivity contribution in [1.82, 2.24) is 9.37 Å². The number of carbonyl (C=O) groups excluding carboxylic acids is 1. The van der Waals surface area contributed by atoms with E-state index in [4.69, 9.17) is 9.57 Å². The van der Waals surface area contributed by atoms with E-state index in [9.17, 15) is 13.2 Å². The molecule has 3 fully saturated rings. The summed E-state index contributed by atoms with van der Waals surface area (Å²) in [6.07, 6.45) is 2.40. The predicted octanol–water partition coefficient (Wildman–Crippen LogP) is -0.553. The van der Waals surface area contributed by atoms with Crippen LogP contribution in [0.1, 0.15) is 12.8 Å². The molecule has 1 amide bonds. The van der Waals surface area contributed by atoms with Crippen molar-refractivity contribution in [3.63, 3.8) is 0 Å². The molecule has 114 valence electrons. The topological polar surface area (TPSA) is 76.2 Å². The molecule has 20 heavy (non-hydrogen) atoms. The summed E-state index contributed by atoms with van der Waals surface area (Å²) >= 11 is 0. The average molecular weight is 304 g/mol. The summed E-state index contributed by atoms with van der Waals surface area (Å²) < 4.78 is 30.3. The molecule has 3 atom stereocenters. The third-order valence-corrected chi connectivity index (χ3v) is 5.58. The Morgan fingerprint density at radius 2 is 2.15 bits per heavy atom. The Labute approximate surface area is 118 Å². The number of fused-ring (bicyclic) bond motifs is 1. The molecule has 3 aliphatic rings. The van der Waals surface area contributed by atoms with Crippen molar-refractivity contribution in [2.45, 2.75) is 18.9 Å². The van der Waals surface area contributed by atoms with Gasteiger partial charge in [-0.05, 0) is 12.3 Å². The van der Waals surface area contributed by atoms with Crippen molar-refractivity contribution in [2.75, 3.05) is 39.1 Å². The molecule has 3 heterocycles. The Morgan fingerprint density at radius 1 is 1.35 bits per heavy atom. The maximum absolute atomic E-state index is 12.1. The third-order valence-electron chi connectivity index (χ3n) is 4.34. The lowest BCUT2D eigenvalue weighted by Crippen LogP contribution is -2.32. The fraction of sp³-hybridized carbons (Fsp3) is 0.917. The lowest BCUT2D eigenvalue weighted by Gasteiger charge is -2.20. The molecular formula is C12H20N2O5S. The fourth-order valence-electron chi connectivity index (χ4n) is 3.21. The van der Waals surface area contributed by atoms with E-state index in [1.807, 2.05) is 0 Å². The lowest BCUT2D eigenvalue weighted by molar-refractivity contribution is -0.170. The molecule has 3 saturated heterocycles. The van der Waals surface area contributed by atoms with E-state index in [1.54, 1.807) is 0 Å². The second-order valence-corrected chi connectivity index (χ2v) is 7.74. The lowest BCUT2D eigenvalue weighted by atomic mass is 9.90. The van der Waals surface area contributed by atoms with Crippen LogP contribution < -0.4 is 0 Å². The van der Waals surface area contributed by atoms with Crippen molar-refractivity contribution in [2.24, 2.45) is 11.8 Å². The third kappa shape index (κ3) is 2.69. The first-order valence-corrected chi connectivity index (χ1v) is 8.80. The van der Waals surface area contributed by atoms with E-state index in [2.05, 4.69) is 0 Å². The van der Waals surface area contributed by atoms with E-state index in [0.717, 1.165) is 6.42 Å². The smallest absolute Gasteiger partial charge is 0.246 e. The molecular weight excluding hydrogens is 284 g/mol. The Bertz CT molecular complexity index is 488. The van der Waals surface area contributed by atoms with Gasteiger partial charge in [0.25, 0.3) is 0 Å². The predicted molar refractivity (Wildman–Crippen MR) is 70.0 cm³/mol. The van der Waals surface area contributed by atoms with Gasteiger partial charge in [0.15, 0.2) is 0 Å². The fourth-order valence-corrected chi connectivity index (χ4v) is 4.08. The van der Waals surface area contributed by atoms with Crippen molar-refractivity contribution in [1.29, 1.82) is 0 Å². The van der Waals surface area contributed by atoms with E-state index < -0.39 is 10.0 Å². The Balaban J connectivity index is 1.60. The van der Waals surface area contributed by atoms with Crippen molar-refractivity contribution in [3.05, 3.63) is 0 Å². The Kier molecular flexibility index (Phi) is 3.74. The molecule has 0 unspecified atom stereocenters. The van der Waals surface area contributed by atoms with Gasteiger partial charge in [-0.1, -0.05) is 0 Å². The highest BCUT2D eigenvalue weighted by atomic mass is 32.2. The van der Waals surface area contributed by atoms with Gasteiger partial charge < -0.3 is 4.74 Å². The SMILES string of the molecule is CS(=O)(=O)N1C[C@H]2[C@@H](CC(=O)N3CCCO3)CO[C@H]2C1. The van der Waals surface area contributed by atoms with Crippen LogP contribution in [0, 0.1) is 11.8 Å². The monoisotopic (exact) mass is 304 g/mol. The zero-order valence-corrected chi connectivity index (χ0v) is 12.3. The number of hydrogen-bond donors (Lipinski definition) is 0. The zero-order chi connectivity index (χ0) is 14.3. The molecule has 0 bridgehead atoms. The maximum Gasteiger partial charge on any atom is 0.246 e. The first-order valence-electron chi connectivity index (χ1n) is 6.95. The first-order chi connectivity index (χ1) is 9.45. The van der Waals surface area contributed by atoms with E-state index in [1.165, 1.54) is 15.6 Å². The number of carbonyl (C=O) groups is 1. The quantitative estimate of drug-likeness (QED) is 0.699. The second-order valence-electron chi connectivity index (χ2n) is 5.76. The standard InChI is InChI=1S/C12H20N2O5S/c1-20(16,17)13-6-10-9(8-18-11(10)7-13)5-12(15)14-3-2-4-19-14/h9-11H,2-8H2,1H3/t9-,10-,11-/m0/s1. The highest BCUT2D eigenvalue weighted by molar-refractivity contribution is 7.88. The Morgan fingerprint density at radius 3 is 2.80 bits per heavy atom. The van der Waals surface area contributed by atoms with Crippen molar-refractivity contribution in [3.8, 4) is 0 Å². The number of hydroxylamine groups is 2. The van der Waals surface area contributed by atoms with Gasteiger partial charge in [0.2, 0.25) is 15.9 Å². The molecule has 0 spiro atoms. The van der Waals surface area contributed by atoms with Gasteiger partial charge in [-0.3, -0.25) is 9.63 Å². The van der Waals surface area contributed by atoms with Crippen molar-refractivity contribution >= 4 is 15.9 Å². The van der Waals surface area contributed by atoms with Crippen LogP contribution in [0.15, 0.2) is 0 Å². The van der Waals surface area contributed by atoms with E-state index >= 15 is 0 Å². The van der Waals surface area contributed by atoms with Crippen LogP contribution in [0.4, 0.5) is 0 Å². The van der Waals surface area contributed by atoms with Crippen LogP contribution in [-0.4, -0.2) is 68.9 Å². The molecule has 7 nitrogen and oxygen atoms in total. The minimum absolute atomic E-state index is 0.0189. The number of hydrogen-bond acceptors (Lipinski definition) is 5. The maximum atomic E-state index is 12.1. The second kappa shape index (κ2) is 5.25. The van der Waals surface area contributed by atoms with E-state index in [0.29, 0.717) is 39.3 Å². The first kappa shape index (κ1) is 14.2. The minimum atomic E-state index is -3.18. The van der Waals surface area contributed by atoms with E-state index in [-0.39, 0.29) is 23.8 Å². The van der Waals surface area contributed by atoms with Gasteiger partial charge in [0.05, 0.1) is 32.1 Å². The normalized spacial score (nSPS) is 34.6. The van der Waals surface area contributed by atoms with Gasteiger partial charge in [-0.25, -0.2) is 13.5 Å². The van der Waals surface area contributed by atoms with Gasteiger partial charge in [0, 0.05) is 25.4 Å². The van der Waals surface area contributed by atoms with Crippen LogP contribution >= 0.6 is 0 Å². The largest absolute Gasteiger partial charge is 0.376 e. The van der Waals surface area contributed by atoms with Gasteiger partial charge in [-0.2, -0.15) is 4.31 Å². The van der Waals surface area contributed by atoms with Gasteiger partial charge in [0.1, 0.15) is 0 Å². The number of nitrogens with zero attached hydrogens (tertiary/aromatic N) is 2. The molecule has 0 aromatic carbocycles. The van der Waals surface area contributed by atoms with Gasteiger partial charge in [-0.15, -0.1) is 0 Å². The Hall–Kier alpha value is -0.700. The summed E-state index contributed by atoms with van der Waals surface area (Å²) in [5.41, 5.74) is 0. The molecule has 0 N–H and O–H groups in total. The highest BCUT2D eigenvalue weighted by Crippen LogP contribution is 2.36. The van der Waals surface area contributed by atoms with Crippen molar-refractivity contribution < 1.29 is 22.8 Å². The summed E-state index contributed by atoms with van der Waals surface area (Å²) in [6, 6.07) is 0. The van der Waals surface area contributed by atoms with Crippen LogP contribution in [0.3, 0.4) is 0 Å². The summed E-state index contributed by atoms with van der Waals surface area (Å²) in [5, 5.41) is 1.43. The van der Waals surface area contributed by atoms with Crippen LogP contribution in [0.25, 0.3) is 0 Å². The zero-order valence-electron chi connectivity index (χ0n) is 11.5. The average Bonchev–Trinajstić information content (AvgIpc) is 3.03. The summed E-state index contributed by atoms with van der Waals surface area (Å²) in [4.78, 5) is 17.3.